The van der Waals surface area contributed by atoms with E-state index in [1.807, 2.05) is 0 Å². The third-order valence-electron chi connectivity index (χ3n) is 5.32. The normalized spacial score (nSPS) is 30.1. The Hall–Kier alpha value is -1.32. The van der Waals surface area contributed by atoms with Gasteiger partial charge in [0.15, 0.2) is 0 Å². The third-order valence-corrected chi connectivity index (χ3v) is 5.32. The topological polar surface area (TPSA) is 31.1 Å². The van der Waals surface area contributed by atoms with Gasteiger partial charge in [-0.05, 0) is 44.4 Å². The van der Waals surface area contributed by atoms with Gasteiger partial charge in [-0.2, -0.15) is 0 Å². The number of nitrogens with zero attached hydrogens (tertiary/aromatic N) is 1. The molecule has 2 atom stereocenters. The highest BCUT2D eigenvalue weighted by Gasteiger charge is 2.40. The second kappa shape index (κ2) is 4.90. The van der Waals surface area contributed by atoms with Crippen LogP contribution in [0.5, 0.6) is 0 Å². The first kappa shape index (κ1) is 12.4. The molecule has 2 bridgehead atoms. The van der Waals surface area contributed by atoms with Crippen LogP contribution in [0.3, 0.4) is 0 Å². The molecular formula is C17H23N3. The van der Waals surface area contributed by atoms with Crippen LogP contribution in [-0.4, -0.2) is 35.1 Å². The molecule has 0 spiro atoms. The number of hydrogen-bond acceptors (Lipinski definition) is 2. The van der Waals surface area contributed by atoms with E-state index >= 15 is 0 Å². The number of rotatable bonds is 3. The molecule has 2 fully saturated rings. The fourth-order valence-electron chi connectivity index (χ4n) is 4.23. The Balaban J connectivity index is 1.58. The Morgan fingerprint density at radius 1 is 1.20 bits per heavy atom. The van der Waals surface area contributed by atoms with Gasteiger partial charge in [0.2, 0.25) is 0 Å². The minimum atomic E-state index is 0.728. The number of hydrogen-bond donors (Lipinski definition) is 2. The smallest absolute Gasteiger partial charge is 0.0457 e. The summed E-state index contributed by atoms with van der Waals surface area (Å²) >= 11 is 0. The Bertz CT molecular complexity index is 589. The quantitative estimate of drug-likeness (QED) is 0.897. The van der Waals surface area contributed by atoms with Gasteiger partial charge >= 0.3 is 0 Å². The summed E-state index contributed by atoms with van der Waals surface area (Å²) < 4.78 is 0. The molecule has 3 heteroatoms. The average Bonchev–Trinajstić information content (AvgIpc) is 2.98. The maximum absolute atomic E-state index is 3.48. The van der Waals surface area contributed by atoms with Gasteiger partial charge < -0.3 is 10.3 Å². The second-order valence-electron chi connectivity index (χ2n) is 6.37. The predicted octanol–water partition coefficient (Wildman–Crippen LogP) is 2.88. The molecule has 3 heterocycles. The largest absolute Gasteiger partial charge is 0.361 e. The van der Waals surface area contributed by atoms with Crippen molar-refractivity contribution in [2.24, 2.45) is 0 Å². The summed E-state index contributed by atoms with van der Waals surface area (Å²) in [6.45, 7) is 1.11. The van der Waals surface area contributed by atoms with Gasteiger partial charge in [0.1, 0.15) is 0 Å². The van der Waals surface area contributed by atoms with Crippen molar-refractivity contribution >= 4 is 10.9 Å². The number of aromatic amines is 1. The summed E-state index contributed by atoms with van der Waals surface area (Å²) in [6, 6.07) is 10.9. The van der Waals surface area contributed by atoms with Gasteiger partial charge in [0.25, 0.3) is 0 Å². The minimum absolute atomic E-state index is 0.728. The summed E-state index contributed by atoms with van der Waals surface area (Å²) in [5.74, 6) is 0. The summed E-state index contributed by atoms with van der Waals surface area (Å²) in [4.78, 5) is 6.16. The van der Waals surface area contributed by atoms with Crippen LogP contribution in [0.25, 0.3) is 10.9 Å². The van der Waals surface area contributed by atoms with Crippen molar-refractivity contribution in [3.05, 3.63) is 36.0 Å². The molecule has 0 saturated carbocycles. The van der Waals surface area contributed by atoms with Crippen molar-refractivity contribution in [2.75, 3.05) is 7.05 Å². The molecule has 4 rings (SSSR count). The molecular weight excluding hydrogens is 246 g/mol. The molecule has 2 saturated heterocycles. The van der Waals surface area contributed by atoms with E-state index in [1.54, 1.807) is 0 Å². The zero-order chi connectivity index (χ0) is 13.5. The maximum Gasteiger partial charge on any atom is 0.0457 e. The Labute approximate surface area is 120 Å². The number of para-hydroxylation sites is 1. The predicted molar refractivity (Wildman–Crippen MR) is 82.7 cm³/mol. The number of aromatic nitrogens is 1. The highest BCUT2D eigenvalue weighted by molar-refractivity contribution is 5.82. The van der Waals surface area contributed by atoms with Gasteiger partial charge in [-0.3, -0.25) is 4.90 Å². The molecule has 20 heavy (non-hydrogen) atoms. The van der Waals surface area contributed by atoms with Crippen molar-refractivity contribution in [2.45, 2.75) is 50.4 Å². The molecule has 1 aromatic carbocycles. The monoisotopic (exact) mass is 269 g/mol. The minimum Gasteiger partial charge on any atom is -0.361 e. The molecule has 0 amide bonds. The van der Waals surface area contributed by atoms with Crippen LogP contribution in [0.15, 0.2) is 30.5 Å². The SMILES string of the molecule is CNC1CC2CCC(C1)N2Cc1c[nH]c2ccccc12. The van der Waals surface area contributed by atoms with Crippen LogP contribution < -0.4 is 5.32 Å². The zero-order valence-electron chi connectivity index (χ0n) is 12.1. The van der Waals surface area contributed by atoms with Crippen molar-refractivity contribution in [3.63, 3.8) is 0 Å². The van der Waals surface area contributed by atoms with Crippen molar-refractivity contribution in [1.82, 2.24) is 15.2 Å². The zero-order valence-corrected chi connectivity index (χ0v) is 12.1. The van der Waals surface area contributed by atoms with E-state index in [1.165, 1.54) is 42.1 Å². The van der Waals surface area contributed by atoms with Gasteiger partial charge in [-0.1, -0.05) is 18.2 Å². The van der Waals surface area contributed by atoms with E-state index < -0.39 is 0 Å². The van der Waals surface area contributed by atoms with Gasteiger partial charge in [0, 0.05) is 41.8 Å². The van der Waals surface area contributed by atoms with E-state index in [-0.39, 0.29) is 0 Å². The van der Waals surface area contributed by atoms with E-state index in [4.69, 9.17) is 0 Å². The molecule has 2 aromatic rings. The van der Waals surface area contributed by atoms with Crippen LogP contribution >= 0.6 is 0 Å². The fourth-order valence-corrected chi connectivity index (χ4v) is 4.23. The van der Waals surface area contributed by atoms with Gasteiger partial charge in [-0.15, -0.1) is 0 Å². The highest BCUT2D eigenvalue weighted by Crippen LogP contribution is 2.37. The maximum atomic E-state index is 3.48. The molecule has 2 N–H and O–H groups in total. The third kappa shape index (κ3) is 1.97. The second-order valence-corrected chi connectivity index (χ2v) is 6.37. The first-order chi connectivity index (χ1) is 9.85. The Kier molecular flexibility index (Phi) is 3.04. The number of fused-ring (bicyclic) bond motifs is 3. The lowest BCUT2D eigenvalue weighted by atomic mass is 9.97. The van der Waals surface area contributed by atoms with Crippen molar-refractivity contribution < 1.29 is 0 Å². The van der Waals surface area contributed by atoms with Crippen LogP contribution in [0.1, 0.15) is 31.2 Å². The average molecular weight is 269 g/mol. The Morgan fingerprint density at radius 3 is 2.70 bits per heavy atom. The molecule has 1 aromatic heterocycles. The molecule has 0 aliphatic carbocycles. The molecule has 2 aliphatic heterocycles. The van der Waals surface area contributed by atoms with Gasteiger partial charge in [0.05, 0.1) is 0 Å². The summed E-state index contributed by atoms with van der Waals surface area (Å²) in [5, 5.41) is 4.87. The lowest BCUT2D eigenvalue weighted by Crippen LogP contribution is -2.47. The lowest BCUT2D eigenvalue weighted by molar-refractivity contribution is 0.112. The molecule has 2 unspecified atom stereocenters. The number of nitrogens with one attached hydrogen (secondary N) is 2. The molecule has 3 nitrogen and oxygen atoms in total. The number of piperidine rings is 1. The Morgan fingerprint density at radius 2 is 1.95 bits per heavy atom. The van der Waals surface area contributed by atoms with Crippen LogP contribution in [0.4, 0.5) is 0 Å². The first-order valence-electron chi connectivity index (χ1n) is 7.83. The van der Waals surface area contributed by atoms with Crippen molar-refractivity contribution in [3.8, 4) is 0 Å². The summed E-state index contributed by atoms with van der Waals surface area (Å²) in [6.07, 6.45) is 7.59. The van der Waals surface area contributed by atoms with Crippen LogP contribution in [0.2, 0.25) is 0 Å². The molecule has 2 aliphatic rings. The van der Waals surface area contributed by atoms with Crippen LogP contribution in [0, 0.1) is 0 Å². The standard InChI is InChI=1S/C17H23N3/c1-18-13-8-14-6-7-15(9-13)20(14)11-12-10-19-17-5-3-2-4-16(12)17/h2-5,10,13-15,18-19H,6-9,11H2,1H3. The van der Waals surface area contributed by atoms with E-state index in [2.05, 4.69) is 52.7 Å². The van der Waals surface area contributed by atoms with E-state index in [0.717, 1.165) is 24.7 Å². The molecule has 106 valence electrons. The molecule has 0 radical (unpaired) electrons. The summed E-state index contributed by atoms with van der Waals surface area (Å²) in [5.41, 5.74) is 2.72. The van der Waals surface area contributed by atoms with Crippen molar-refractivity contribution in [1.29, 1.82) is 0 Å². The van der Waals surface area contributed by atoms with Crippen LogP contribution in [-0.2, 0) is 6.54 Å². The van der Waals surface area contributed by atoms with Gasteiger partial charge in [-0.25, -0.2) is 0 Å². The highest BCUT2D eigenvalue weighted by atomic mass is 15.2. The summed E-state index contributed by atoms with van der Waals surface area (Å²) in [7, 11) is 2.11. The lowest BCUT2D eigenvalue weighted by Gasteiger charge is -2.38. The number of benzene rings is 1. The first-order valence-corrected chi connectivity index (χ1v) is 7.83. The van der Waals surface area contributed by atoms with E-state index in [0.29, 0.717) is 0 Å². The number of H-pyrrole nitrogens is 1. The fraction of sp³-hybridized carbons (Fsp3) is 0.529. The van der Waals surface area contributed by atoms with E-state index in [9.17, 15) is 0 Å².